The molecule has 0 aliphatic carbocycles. The maximum atomic E-state index is 12.9. The summed E-state index contributed by atoms with van der Waals surface area (Å²) in [6, 6.07) is 6.41. The molecule has 0 spiro atoms. The monoisotopic (exact) mass is 330 g/mol. The van der Waals surface area contributed by atoms with E-state index in [0.717, 1.165) is 0 Å². The highest BCUT2D eigenvalue weighted by Crippen LogP contribution is 2.10. The average Bonchev–Trinajstić information content (AvgIpc) is 2.90. The molecule has 1 amide bonds. The lowest BCUT2D eigenvalue weighted by molar-refractivity contribution is 0.0911. The maximum absolute atomic E-state index is 12.9. The molecule has 0 aliphatic rings. The Bertz CT molecular complexity index is 778. The molecular weight excluding hydrogens is 311 g/mol. The molecule has 1 heterocycles. The Morgan fingerprint density at radius 3 is 2.33 bits per heavy atom. The normalized spacial score (nSPS) is 11.8. The lowest BCUT2D eigenvalue weighted by atomic mass is 10.0. The molecule has 1 unspecified atom stereocenters. The van der Waals surface area contributed by atoms with Crippen LogP contribution < -0.4 is 5.32 Å². The van der Waals surface area contributed by atoms with Gasteiger partial charge in [-0.1, -0.05) is 0 Å². The van der Waals surface area contributed by atoms with Gasteiger partial charge in [0.05, 0.1) is 0 Å². The van der Waals surface area contributed by atoms with Crippen molar-refractivity contribution in [1.29, 1.82) is 0 Å². The lowest BCUT2D eigenvalue weighted by Crippen LogP contribution is -2.35. The van der Waals surface area contributed by atoms with Crippen molar-refractivity contribution in [2.24, 2.45) is 7.05 Å². The van der Waals surface area contributed by atoms with Crippen molar-refractivity contribution in [2.75, 3.05) is 0 Å². The fourth-order valence-electron chi connectivity index (χ4n) is 2.36. The molecule has 24 heavy (non-hydrogen) atoms. The average molecular weight is 330 g/mol. The number of halogens is 1. The molecule has 0 radical (unpaired) electrons. The smallest absolute Gasteiger partial charge is 0.268 e. The number of aryl methyl sites for hydroxylation is 1. The number of aromatic nitrogens is 1. The van der Waals surface area contributed by atoms with Crippen LogP contribution in [0.5, 0.6) is 0 Å². The number of amides is 1. The Kier molecular flexibility index (Phi) is 5.28. The van der Waals surface area contributed by atoms with Gasteiger partial charge in [-0.2, -0.15) is 0 Å². The Morgan fingerprint density at radius 1 is 1.17 bits per heavy atom. The van der Waals surface area contributed by atoms with Crippen molar-refractivity contribution >= 4 is 17.5 Å². The molecule has 2 rings (SSSR count). The van der Waals surface area contributed by atoms with E-state index in [0.29, 0.717) is 16.8 Å². The zero-order valence-electron chi connectivity index (χ0n) is 13.8. The molecule has 5 nitrogen and oxygen atoms in total. The molecule has 0 saturated carbocycles. The number of nitrogens with zero attached hydrogens (tertiary/aromatic N) is 1. The first-order valence-corrected chi connectivity index (χ1v) is 7.55. The van der Waals surface area contributed by atoms with Gasteiger partial charge in [-0.3, -0.25) is 14.4 Å². The first-order chi connectivity index (χ1) is 11.3. The van der Waals surface area contributed by atoms with Gasteiger partial charge in [0.25, 0.3) is 5.91 Å². The van der Waals surface area contributed by atoms with Gasteiger partial charge in [-0.25, -0.2) is 4.39 Å². The summed E-state index contributed by atoms with van der Waals surface area (Å²) in [5.41, 5.74) is 1.20. The third-order valence-corrected chi connectivity index (χ3v) is 3.68. The second-order valence-electron chi connectivity index (χ2n) is 5.79. The summed E-state index contributed by atoms with van der Waals surface area (Å²) in [4.78, 5) is 35.8. The SMILES string of the molecule is CC(=O)c1cc(C(=O)NC(C)CC(=O)c2ccc(F)cc2)n(C)c1. The summed E-state index contributed by atoms with van der Waals surface area (Å²) in [7, 11) is 1.68. The second kappa shape index (κ2) is 7.21. The topological polar surface area (TPSA) is 68.2 Å². The minimum atomic E-state index is -0.405. The van der Waals surface area contributed by atoms with Crippen LogP contribution in [0.15, 0.2) is 36.5 Å². The molecule has 0 saturated heterocycles. The summed E-state index contributed by atoms with van der Waals surface area (Å²) < 4.78 is 14.4. The van der Waals surface area contributed by atoms with Crippen LogP contribution in [-0.4, -0.2) is 28.1 Å². The van der Waals surface area contributed by atoms with Gasteiger partial charge in [0.15, 0.2) is 11.6 Å². The van der Waals surface area contributed by atoms with Gasteiger partial charge < -0.3 is 9.88 Å². The summed E-state index contributed by atoms with van der Waals surface area (Å²) >= 11 is 0. The molecule has 1 N–H and O–H groups in total. The number of hydrogen-bond donors (Lipinski definition) is 1. The highest BCUT2D eigenvalue weighted by molar-refractivity contribution is 6.00. The van der Waals surface area contributed by atoms with E-state index in [1.165, 1.54) is 37.3 Å². The number of carbonyl (C=O) groups excluding carboxylic acids is 3. The number of Topliss-reactive ketones (excluding diaryl/α,β-unsaturated/α-hetero) is 2. The van der Waals surface area contributed by atoms with E-state index in [1.807, 2.05) is 0 Å². The van der Waals surface area contributed by atoms with Crippen LogP contribution in [0.25, 0.3) is 0 Å². The van der Waals surface area contributed by atoms with Crippen LogP contribution in [0.3, 0.4) is 0 Å². The van der Waals surface area contributed by atoms with Gasteiger partial charge in [0.1, 0.15) is 11.5 Å². The summed E-state index contributed by atoms with van der Waals surface area (Å²) in [5, 5.41) is 2.74. The van der Waals surface area contributed by atoms with Crippen LogP contribution >= 0.6 is 0 Å². The molecule has 0 aliphatic heterocycles. The van der Waals surface area contributed by atoms with Crippen LogP contribution in [0.4, 0.5) is 4.39 Å². The van der Waals surface area contributed by atoms with Crippen molar-refractivity contribution in [3.63, 3.8) is 0 Å². The van der Waals surface area contributed by atoms with Crippen molar-refractivity contribution in [3.8, 4) is 0 Å². The highest BCUT2D eigenvalue weighted by Gasteiger charge is 2.18. The number of nitrogens with one attached hydrogen (secondary N) is 1. The van der Waals surface area contributed by atoms with Gasteiger partial charge in [0.2, 0.25) is 0 Å². The van der Waals surface area contributed by atoms with E-state index in [-0.39, 0.29) is 23.9 Å². The van der Waals surface area contributed by atoms with Crippen LogP contribution in [0.1, 0.15) is 51.5 Å². The van der Waals surface area contributed by atoms with E-state index in [4.69, 9.17) is 0 Å². The standard InChI is InChI=1S/C18H19FN2O3/c1-11(8-17(23)13-4-6-15(19)7-5-13)20-18(24)16-9-14(12(2)22)10-21(16)3/h4-7,9-11H,8H2,1-3H3,(H,20,24). The Hall–Kier alpha value is -2.76. The third kappa shape index (κ3) is 4.16. The van der Waals surface area contributed by atoms with Gasteiger partial charge >= 0.3 is 0 Å². The molecule has 1 aromatic carbocycles. The molecule has 0 bridgehead atoms. The van der Waals surface area contributed by atoms with Crippen LogP contribution in [-0.2, 0) is 7.05 Å². The fraction of sp³-hybridized carbons (Fsp3) is 0.278. The van der Waals surface area contributed by atoms with E-state index < -0.39 is 11.9 Å². The minimum Gasteiger partial charge on any atom is -0.348 e. The Morgan fingerprint density at radius 2 is 1.79 bits per heavy atom. The Balaban J connectivity index is 2.00. The quantitative estimate of drug-likeness (QED) is 0.828. The predicted molar refractivity (Wildman–Crippen MR) is 87.7 cm³/mol. The van der Waals surface area contributed by atoms with E-state index in [9.17, 15) is 18.8 Å². The van der Waals surface area contributed by atoms with Crippen molar-refractivity contribution in [2.45, 2.75) is 26.3 Å². The Labute approximate surface area is 139 Å². The van der Waals surface area contributed by atoms with Crippen LogP contribution in [0, 0.1) is 5.82 Å². The number of rotatable bonds is 6. The predicted octanol–water partition coefficient (Wildman–Crippen LogP) is 2.76. The maximum Gasteiger partial charge on any atom is 0.268 e. The number of ketones is 2. The van der Waals surface area contributed by atoms with Gasteiger partial charge in [-0.15, -0.1) is 0 Å². The molecule has 6 heteroatoms. The summed E-state index contributed by atoms with van der Waals surface area (Å²) in [5.74, 6) is -1.06. The van der Waals surface area contributed by atoms with Crippen molar-refractivity contribution < 1.29 is 18.8 Å². The number of carbonyl (C=O) groups is 3. The third-order valence-electron chi connectivity index (χ3n) is 3.68. The zero-order valence-corrected chi connectivity index (χ0v) is 13.8. The minimum absolute atomic E-state index is 0.0986. The molecule has 1 atom stereocenters. The zero-order chi connectivity index (χ0) is 17.9. The molecule has 1 aromatic heterocycles. The second-order valence-corrected chi connectivity index (χ2v) is 5.79. The molecule has 0 fully saturated rings. The van der Waals surface area contributed by atoms with Gasteiger partial charge in [-0.05, 0) is 44.2 Å². The van der Waals surface area contributed by atoms with E-state index in [1.54, 1.807) is 24.7 Å². The molecular formula is C18H19FN2O3. The summed E-state index contributed by atoms with van der Waals surface area (Å²) in [6.07, 6.45) is 1.69. The van der Waals surface area contributed by atoms with Gasteiger partial charge in [0, 0.05) is 36.8 Å². The number of hydrogen-bond acceptors (Lipinski definition) is 3. The largest absolute Gasteiger partial charge is 0.348 e. The highest BCUT2D eigenvalue weighted by atomic mass is 19.1. The van der Waals surface area contributed by atoms with Crippen molar-refractivity contribution in [3.05, 3.63) is 59.2 Å². The lowest BCUT2D eigenvalue weighted by Gasteiger charge is -2.13. The molecule has 2 aromatic rings. The fourth-order valence-corrected chi connectivity index (χ4v) is 2.36. The summed E-state index contributed by atoms with van der Waals surface area (Å²) in [6.45, 7) is 3.15. The van der Waals surface area contributed by atoms with E-state index >= 15 is 0 Å². The molecule has 126 valence electrons. The van der Waals surface area contributed by atoms with Crippen LogP contribution in [0.2, 0.25) is 0 Å². The van der Waals surface area contributed by atoms with Crippen molar-refractivity contribution in [1.82, 2.24) is 9.88 Å². The first kappa shape index (κ1) is 17.6. The van der Waals surface area contributed by atoms with E-state index in [2.05, 4.69) is 5.32 Å². The number of benzene rings is 1. The first-order valence-electron chi connectivity index (χ1n) is 7.55.